The van der Waals surface area contributed by atoms with Crippen LogP contribution in [0.3, 0.4) is 0 Å². The van der Waals surface area contributed by atoms with Gasteiger partial charge in [0.1, 0.15) is 5.84 Å². The van der Waals surface area contributed by atoms with E-state index in [0.717, 1.165) is 35.5 Å². The number of hydrogen-bond donors (Lipinski definition) is 1. The zero-order chi connectivity index (χ0) is 32.3. The Labute approximate surface area is 284 Å². The normalized spacial score (nSPS) is 16.2. The van der Waals surface area contributed by atoms with E-state index in [1.165, 1.54) is 65.4 Å². The predicted octanol–water partition coefficient (Wildman–Crippen LogP) is 11.6. The number of rotatable bonds is 4. The molecule has 1 aromatic heterocycles. The SMILES string of the molecule is C1=CC(C2=NC(c3ccc(-n4c5ccc6ccccc6c5c5c6ccccc6ccc54)c4ccccc34)C=C(c3ccccc3)N2)=CCC1. The van der Waals surface area contributed by atoms with E-state index in [2.05, 4.69) is 174 Å². The molecule has 10 rings (SSSR count). The third kappa shape index (κ3) is 4.47. The highest BCUT2D eigenvalue weighted by Gasteiger charge is 2.24. The molecule has 1 unspecified atom stereocenters. The zero-order valence-corrected chi connectivity index (χ0v) is 27.0. The molecule has 2 heterocycles. The van der Waals surface area contributed by atoms with Crippen molar-refractivity contribution < 1.29 is 0 Å². The summed E-state index contributed by atoms with van der Waals surface area (Å²) in [6, 6.07) is 50.6. The van der Waals surface area contributed by atoms with Crippen molar-refractivity contribution in [3.63, 3.8) is 0 Å². The van der Waals surface area contributed by atoms with Crippen LogP contribution in [0, 0.1) is 0 Å². The molecule has 7 aromatic carbocycles. The molecular formula is C46H33N3. The van der Waals surface area contributed by atoms with Crippen LogP contribution in [0.4, 0.5) is 0 Å². The predicted molar refractivity (Wildman–Crippen MR) is 207 cm³/mol. The van der Waals surface area contributed by atoms with Crippen LogP contribution in [0.15, 0.2) is 174 Å². The molecule has 0 saturated carbocycles. The lowest BCUT2D eigenvalue weighted by Gasteiger charge is -2.25. The van der Waals surface area contributed by atoms with E-state index in [1.54, 1.807) is 0 Å². The van der Waals surface area contributed by atoms with Crippen molar-refractivity contribution in [3.8, 4) is 5.69 Å². The first-order valence-electron chi connectivity index (χ1n) is 17.2. The standard InChI is InChI=1S/C46H33N3/c1-3-15-32(16-4-1)39-29-40(48-46(47-39)33-17-5-2-6-18-33)37-25-28-41(38-22-12-11-21-36(37)38)49-42-26-23-30-13-7-9-19-34(30)44(42)45-35-20-10-8-14-31(35)24-27-43(45)49/h1,3-5,7-29,40H,2,6H2,(H,47,48). The summed E-state index contributed by atoms with van der Waals surface area (Å²) in [6.07, 6.45) is 11.1. The maximum Gasteiger partial charge on any atom is 0.133 e. The number of amidine groups is 1. The number of nitrogens with one attached hydrogen (secondary N) is 1. The number of hydrogen-bond acceptors (Lipinski definition) is 2. The molecule has 49 heavy (non-hydrogen) atoms. The van der Waals surface area contributed by atoms with Crippen molar-refractivity contribution in [2.45, 2.75) is 18.9 Å². The molecule has 0 bridgehead atoms. The van der Waals surface area contributed by atoms with Gasteiger partial charge in [-0.3, -0.25) is 4.99 Å². The molecule has 0 saturated heterocycles. The molecule has 0 amide bonds. The fourth-order valence-corrected chi connectivity index (χ4v) is 7.98. The molecule has 3 nitrogen and oxygen atoms in total. The Morgan fingerprint density at radius 2 is 1.20 bits per heavy atom. The first kappa shape index (κ1) is 27.9. The maximum absolute atomic E-state index is 5.36. The quantitative estimate of drug-likeness (QED) is 0.207. The minimum Gasteiger partial charge on any atom is -0.340 e. The summed E-state index contributed by atoms with van der Waals surface area (Å²) in [4.78, 5) is 5.36. The van der Waals surface area contributed by atoms with Crippen molar-refractivity contribution in [1.82, 2.24) is 9.88 Å². The minimum absolute atomic E-state index is 0.146. The lowest BCUT2D eigenvalue weighted by Crippen LogP contribution is -2.28. The number of aromatic nitrogens is 1. The van der Waals surface area contributed by atoms with Gasteiger partial charge in [-0.25, -0.2) is 0 Å². The number of aliphatic imine (C=N–C) groups is 1. The largest absolute Gasteiger partial charge is 0.340 e. The summed E-state index contributed by atoms with van der Waals surface area (Å²) in [5.41, 5.74) is 8.20. The van der Waals surface area contributed by atoms with Gasteiger partial charge in [0.15, 0.2) is 0 Å². The molecule has 0 spiro atoms. The highest BCUT2D eigenvalue weighted by molar-refractivity contribution is 6.28. The summed E-state index contributed by atoms with van der Waals surface area (Å²) >= 11 is 0. The molecule has 1 N–H and O–H groups in total. The summed E-state index contributed by atoms with van der Waals surface area (Å²) in [7, 11) is 0. The van der Waals surface area contributed by atoms with E-state index in [0.29, 0.717) is 0 Å². The van der Waals surface area contributed by atoms with E-state index >= 15 is 0 Å². The first-order chi connectivity index (χ1) is 24.3. The zero-order valence-electron chi connectivity index (χ0n) is 27.0. The molecule has 0 radical (unpaired) electrons. The van der Waals surface area contributed by atoms with Crippen LogP contribution in [0.25, 0.3) is 65.5 Å². The van der Waals surface area contributed by atoms with E-state index in [4.69, 9.17) is 4.99 Å². The van der Waals surface area contributed by atoms with Crippen molar-refractivity contribution in [2.75, 3.05) is 0 Å². The average molecular weight is 628 g/mol. The summed E-state index contributed by atoms with van der Waals surface area (Å²) in [5.74, 6) is 0.927. The Kier molecular flexibility index (Phi) is 6.38. The Bertz CT molecular complexity index is 2650. The monoisotopic (exact) mass is 627 g/mol. The van der Waals surface area contributed by atoms with Gasteiger partial charge in [0.25, 0.3) is 0 Å². The lowest BCUT2D eigenvalue weighted by atomic mass is 9.94. The van der Waals surface area contributed by atoms with Gasteiger partial charge in [0, 0.05) is 27.4 Å². The molecule has 3 heteroatoms. The van der Waals surface area contributed by atoms with Gasteiger partial charge in [-0.15, -0.1) is 0 Å². The highest BCUT2D eigenvalue weighted by Crippen LogP contribution is 2.43. The molecule has 1 aliphatic carbocycles. The van der Waals surface area contributed by atoms with Crippen molar-refractivity contribution in [1.29, 1.82) is 0 Å². The summed E-state index contributed by atoms with van der Waals surface area (Å²) in [5, 5.41) is 13.8. The molecule has 8 aromatic rings. The third-order valence-electron chi connectivity index (χ3n) is 10.2. The lowest BCUT2D eigenvalue weighted by molar-refractivity contribution is 0.886. The van der Waals surface area contributed by atoms with Crippen LogP contribution < -0.4 is 5.32 Å². The number of nitrogens with zero attached hydrogens (tertiary/aromatic N) is 2. The van der Waals surface area contributed by atoms with E-state index < -0.39 is 0 Å². The Hall–Kier alpha value is -6.19. The van der Waals surface area contributed by atoms with Crippen LogP contribution in [0.5, 0.6) is 0 Å². The van der Waals surface area contributed by atoms with E-state index in [9.17, 15) is 0 Å². The van der Waals surface area contributed by atoms with Crippen molar-refractivity contribution >= 4 is 65.7 Å². The van der Waals surface area contributed by atoms with Gasteiger partial charge in [0.05, 0.1) is 22.8 Å². The smallest absolute Gasteiger partial charge is 0.133 e. The highest BCUT2D eigenvalue weighted by atomic mass is 15.0. The van der Waals surface area contributed by atoms with E-state index in [1.807, 2.05) is 0 Å². The Balaban J connectivity index is 1.23. The van der Waals surface area contributed by atoms with Gasteiger partial charge in [-0.1, -0.05) is 140 Å². The fourth-order valence-electron chi connectivity index (χ4n) is 7.98. The molecule has 1 atom stereocenters. The van der Waals surface area contributed by atoms with Gasteiger partial charge < -0.3 is 9.88 Å². The fraction of sp³-hybridized carbons (Fsp3) is 0.0652. The van der Waals surface area contributed by atoms with Gasteiger partial charge in [0.2, 0.25) is 0 Å². The molecule has 0 fully saturated rings. The number of allylic oxidation sites excluding steroid dienone is 2. The molecule has 1 aliphatic heterocycles. The molecule has 2 aliphatic rings. The van der Waals surface area contributed by atoms with Gasteiger partial charge in [-0.2, -0.15) is 0 Å². The maximum atomic E-state index is 5.36. The Morgan fingerprint density at radius 3 is 1.88 bits per heavy atom. The van der Waals surface area contributed by atoms with Crippen LogP contribution in [0.1, 0.15) is 30.0 Å². The van der Waals surface area contributed by atoms with Crippen LogP contribution in [-0.4, -0.2) is 10.4 Å². The topological polar surface area (TPSA) is 29.3 Å². The Morgan fingerprint density at radius 1 is 0.571 bits per heavy atom. The van der Waals surface area contributed by atoms with Crippen molar-refractivity contribution in [2.24, 2.45) is 4.99 Å². The second kappa shape index (κ2) is 11.2. The van der Waals surface area contributed by atoms with Gasteiger partial charge >= 0.3 is 0 Å². The molecule has 232 valence electrons. The third-order valence-corrected chi connectivity index (χ3v) is 10.2. The number of benzene rings is 7. The average Bonchev–Trinajstić information content (AvgIpc) is 3.53. The second-order valence-electron chi connectivity index (χ2n) is 13.0. The number of fused-ring (bicyclic) bond motifs is 8. The first-order valence-corrected chi connectivity index (χ1v) is 17.2. The summed E-state index contributed by atoms with van der Waals surface area (Å²) < 4.78 is 2.48. The molecular weight excluding hydrogens is 595 g/mol. The van der Waals surface area contributed by atoms with Crippen LogP contribution in [-0.2, 0) is 0 Å². The van der Waals surface area contributed by atoms with Crippen LogP contribution in [0.2, 0.25) is 0 Å². The van der Waals surface area contributed by atoms with Crippen LogP contribution >= 0.6 is 0 Å². The van der Waals surface area contributed by atoms with E-state index in [-0.39, 0.29) is 6.04 Å². The summed E-state index contributed by atoms with van der Waals surface area (Å²) in [6.45, 7) is 0. The van der Waals surface area contributed by atoms with Gasteiger partial charge in [-0.05, 0) is 75.2 Å². The van der Waals surface area contributed by atoms with Crippen molar-refractivity contribution in [3.05, 3.63) is 181 Å². The minimum atomic E-state index is -0.146. The second-order valence-corrected chi connectivity index (χ2v) is 13.0.